The molecule has 5 rings (SSSR count). The standard InChI is InChI=1S/C27H25N3O4/c1-16-8-10-20(12-17(16)2)30-15-18(13-25(30)31)26(32)28-19-9-11-24-22(14-19)29(3)27(33)21-6-4-5-7-23(21)34-24/h4-12,14,18H,13,15H2,1-3H3,(H,28,32). The van der Waals surface area contributed by atoms with Crippen LogP contribution in [0.1, 0.15) is 27.9 Å². The van der Waals surface area contributed by atoms with Gasteiger partial charge in [0.1, 0.15) is 5.75 Å². The molecule has 0 aliphatic carbocycles. The van der Waals surface area contributed by atoms with Crippen molar-refractivity contribution in [1.82, 2.24) is 0 Å². The third kappa shape index (κ3) is 3.79. The molecule has 172 valence electrons. The zero-order valence-electron chi connectivity index (χ0n) is 19.3. The van der Waals surface area contributed by atoms with Crippen molar-refractivity contribution >= 4 is 34.8 Å². The summed E-state index contributed by atoms with van der Waals surface area (Å²) >= 11 is 0. The van der Waals surface area contributed by atoms with Gasteiger partial charge in [-0.15, -0.1) is 0 Å². The summed E-state index contributed by atoms with van der Waals surface area (Å²) in [6.07, 6.45) is 0.153. The number of hydrogen-bond donors (Lipinski definition) is 1. The SMILES string of the molecule is Cc1ccc(N2CC(C(=O)Nc3ccc4c(c3)N(C)C(=O)c3ccccc3O4)CC2=O)cc1C. The Labute approximate surface area is 197 Å². The monoisotopic (exact) mass is 455 g/mol. The van der Waals surface area contributed by atoms with Crippen LogP contribution in [0.15, 0.2) is 60.7 Å². The maximum Gasteiger partial charge on any atom is 0.261 e. The van der Waals surface area contributed by atoms with E-state index in [1.807, 2.05) is 38.1 Å². The maximum absolute atomic E-state index is 13.0. The van der Waals surface area contributed by atoms with Gasteiger partial charge in [-0.25, -0.2) is 0 Å². The van der Waals surface area contributed by atoms with E-state index in [-0.39, 0.29) is 24.1 Å². The molecule has 0 bridgehead atoms. The average Bonchev–Trinajstić information content (AvgIpc) is 3.18. The molecular weight excluding hydrogens is 430 g/mol. The Kier molecular flexibility index (Phi) is 5.32. The van der Waals surface area contributed by atoms with Crippen LogP contribution in [-0.2, 0) is 9.59 Å². The van der Waals surface area contributed by atoms with E-state index in [1.54, 1.807) is 48.3 Å². The van der Waals surface area contributed by atoms with Crippen LogP contribution in [0.4, 0.5) is 17.1 Å². The Balaban J connectivity index is 1.34. The highest BCUT2D eigenvalue weighted by molar-refractivity contribution is 6.10. The van der Waals surface area contributed by atoms with Crippen LogP contribution in [-0.4, -0.2) is 31.3 Å². The lowest BCUT2D eigenvalue weighted by molar-refractivity contribution is -0.122. The number of fused-ring (bicyclic) bond motifs is 2. The Morgan fingerprint density at radius 1 is 0.971 bits per heavy atom. The van der Waals surface area contributed by atoms with Crippen LogP contribution >= 0.6 is 0 Å². The molecule has 0 saturated carbocycles. The minimum absolute atomic E-state index is 0.0678. The van der Waals surface area contributed by atoms with E-state index in [2.05, 4.69) is 5.32 Å². The summed E-state index contributed by atoms with van der Waals surface area (Å²) in [7, 11) is 1.68. The van der Waals surface area contributed by atoms with Crippen molar-refractivity contribution in [2.24, 2.45) is 5.92 Å². The highest BCUT2D eigenvalue weighted by Crippen LogP contribution is 2.40. The molecule has 2 aliphatic rings. The van der Waals surface area contributed by atoms with Crippen molar-refractivity contribution in [3.63, 3.8) is 0 Å². The molecule has 2 heterocycles. The smallest absolute Gasteiger partial charge is 0.261 e. The summed E-state index contributed by atoms with van der Waals surface area (Å²) in [6.45, 7) is 4.36. The normalized spacial score (nSPS) is 17.1. The first kappa shape index (κ1) is 21.7. The third-order valence-corrected chi connectivity index (χ3v) is 6.53. The first-order valence-corrected chi connectivity index (χ1v) is 11.2. The number of nitrogens with zero attached hydrogens (tertiary/aromatic N) is 2. The highest BCUT2D eigenvalue weighted by Gasteiger charge is 2.35. The van der Waals surface area contributed by atoms with Crippen molar-refractivity contribution in [3.8, 4) is 11.5 Å². The van der Waals surface area contributed by atoms with Gasteiger partial charge in [-0.05, 0) is 67.4 Å². The molecule has 1 N–H and O–H groups in total. The number of benzene rings is 3. The van der Waals surface area contributed by atoms with Crippen LogP contribution in [0.25, 0.3) is 0 Å². The molecule has 2 aliphatic heterocycles. The van der Waals surface area contributed by atoms with Gasteiger partial charge < -0.3 is 19.9 Å². The van der Waals surface area contributed by atoms with Gasteiger partial charge in [0.2, 0.25) is 11.8 Å². The van der Waals surface area contributed by atoms with Gasteiger partial charge in [-0.3, -0.25) is 14.4 Å². The van der Waals surface area contributed by atoms with Crippen molar-refractivity contribution in [2.75, 3.05) is 28.7 Å². The molecule has 1 atom stereocenters. The summed E-state index contributed by atoms with van der Waals surface area (Å²) in [5, 5.41) is 2.91. The molecule has 1 saturated heterocycles. The Morgan fingerprint density at radius 3 is 2.56 bits per heavy atom. The van der Waals surface area contributed by atoms with Crippen LogP contribution < -0.4 is 19.9 Å². The molecule has 3 aromatic rings. The first-order chi connectivity index (χ1) is 16.3. The molecule has 0 radical (unpaired) electrons. The Morgan fingerprint density at radius 2 is 1.76 bits per heavy atom. The zero-order valence-corrected chi connectivity index (χ0v) is 19.3. The maximum atomic E-state index is 13.0. The van der Waals surface area contributed by atoms with Crippen molar-refractivity contribution < 1.29 is 19.1 Å². The number of aryl methyl sites for hydroxylation is 2. The number of ether oxygens (including phenoxy) is 1. The molecular formula is C27H25N3O4. The van der Waals surface area contributed by atoms with Crippen LogP contribution in [0, 0.1) is 19.8 Å². The second-order valence-corrected chi connectivity index (χ2v) is 8.81. The average molecular weight is 456 g/mol. The van der Waals surface area contributed by atoms with E-state index in [4.69, 9.17) is 4.74 Å². The number of nitrogens with one attached hydrogen (secondary N) is 1. The minimum atomic E-state index is -0.465. The number of carbonyl (C=O) groups excluding carboxylic acids is 3. The highest BCUT2D eigenvalue weighted by atomic mass is 16.5. The van der Waals surface area contributed by atoms with E-state index in [9.17, 15) is 14.4 Å². The predicted octanol–water partition coefficient (Wildman–Crippen LogP) is 4.68. The van der Waals surface area contributed by atoms with Gasteiger partial charge in [0, 0.05) is 31.4 Å². The lowest BCUT2D eigenvalue weighted by Crippen LogP contribution is -2.28. The fraction of sp³-hybridized carbons (Fsp3) is 0.222. The van der Waals surface area contributed by atoms with E-state index in [1.165, 1.54) is 4.90 Å². The summed E-state index contributed by atoms with van der Waals surface area (Å²) in [6, 6.07) is 18.1. The fourth-order valence-corrected chi connectivity index (χ4v) is 4.35. The second-order valence-electron chi connectivity index (χ2n) is 8.81. The quantitative estimate of drug-likeness (QED) is 0.622. The predicted molar refractivity (Wildman–Crippen MR) is 131 cm³/mol. The van der Waals surface area contributed by atoms with E-state index in [0.717, 1.165) is 16.8 Å². The number of carbonyl (C=O) groups is 3. The molecule has 3 aromatic carbocycles. The number of para-hydroxylation sites is 1. The summed E-state index contributed by atoms with van der Waals surface area (Å²) < 4.78 is 5.97. The van der Waals surface area contributed by atoms with Gasteiger partial charge in [-0.2, -0.15) is 0 Å². The minimum Gasteiger partial charge on any atom is -0.454 e. The summed E-state index contributed by atoms with van der Waals surface area (Å²) in [4.78, 5) is 41.7. The Hall–Kier alpha value is -4.13. The summed E-state index contributed by atoms with van der Waals surface area (Å²) in [5.41, 5.74) is 4.64. The van der Waals surface area contributed by atoms with Gasteiger partial charge in [0.25, 0.3) is 5.91 Å². The molecule has 0 spiro atoms. The van der Waals surface area contributed by atoms with Crippen LogP contribution in [0.3, 0.4) is 0 Å². The second kappa shape index (κ2) is 8.33. The first-order valence-electron chi connectivity index (χ1n) is 11.2. The van der Waals surface area contributed by atoms with E-state index in [0.29, 0.717) is 35.0 Å². The topological polar surface area (TPSA) is 79.0 Å². The lowest BCUT2D eigenvalue weighted by Gasteiger charge is -2.19. The van der Waals surface area contributed by atoms with Crippen molar-refractivity contribution in [3.05, 3.63) is 77.4 Å². The van der Waals surface area contributed by atoms with Gasteiger partial charge in [-0.1, -0.05) is 18.2 Å². The number of rotatable bonds is 3. The van der Waals surface area contributed by atoms with Crippen molar-refractivity contribution in [1.29, 1.82) is 0 Å². The lowest BCUT2D eigenvalue weighted by atomic mass is 10.1. The van der Waals surface area contributed by atoms with Crippen LogP contribution in [0.5, 0.6) is 11.5 Å². The van der Waals surface area contributed by atoms with Crippen molar-refractivity contribution in [2.45, 2.75) is 20.3 Å². The number of amides is 3. The van der Waals surface area contributed by atoms with Gasteiger partial charge in [0.15, 0.2) is 5.75 Å². The molecule has 7 nitrogen and oxygen atoms in total. The molecule has 1 unspecified atom stereocenters. The molecule has 7 heteroatoms. The van der Waals surface area contributed by atoms with E-state index < -0.39 is 5.92 Å². The molecule has 1 fully saturated rings. The number of anilines is 3. The van der Waals surface area contributed by atoms with Gasteiger partial charge in [0.05, 0.1) is 17.2 Å². The molecule has 34 heavy (non-hydrogen) atoms. The van der Waals surface area contributed by atoms with E-state index >= 15 is 0 Å². The fourth-order valence-electron chi connectivity index (χ4n) is 4.35. The van der Waals surface area contributed by atoms with Gasteiger partial charge >= 0.3 is 0 Å². The molecule has 3 amide bonds. The third-order valence-electron chi connectivity index (χ3n) is 6.53. The van der Waals surface area contributed by atoms with Crippen LogP contribution in [0.2, 0.25) is 0 Å². The largest absolute Gasteiger partial charge is 0.454 e. The number of hydrogen-bond acceptors (Lipinski definition) is 4. The molecule has 0 aromatic heterocycles. The zero-order chi connectivity index (χ0) is 24.0. The summed E-state index contributed by atoms with van der Waals surface area (Å²) in [5.74, 6) is 0.0610. The Bertz CT molecular complexity index is 1330.